The van der Waals surface area contributed by atoms with E-state index in [9.17, 15) is 10.1 Å². The summed E-state index contributed by atoms with van der Waals surface area (Å²) in [5.74, 6) is -0.159. The second-order valence-corrected chi connectivity index (χ2v) is 5.62. The van der Waals surface area contributed by atoms with Crippen molar-refractivity contribution in [2.24, 2.45) is 0 Å². The van der Waals surface area contributed by atoms with Gasteiger partial charge in [-0.15, -0.1) is 0 Å². The van der Waals surface area contributed by atoms with E-state index in [1.165, 1.54) is 0 Å². The molecule has 0 heterocycles. The summed E-state index contributed by atoms with van der Waals surface area (Å²) >= 11 is 6.03. The number of amides is 1. The molecule has 0 radical (unpaired) electrons. The second kappa shape index (κ2) is 6.15. The Balaban J connectivity index is 1.93. The second-order valence-electron chi connectivity index (χ2n) is 5.22. The summed E-state index contributed by atoms with van der Waals surface area (Å²) in [5, 5.41) is 15.8. The minimum absolute atomic E-state index is 0.143. The quantitative estimate of drug-likeness (QED) is 0.896. The molecule has 1 aromatic carbocycles. The molecule has 0 bridgehead atoms. The number of anilines is 1. The first kappa shape index (κ1) is 14.7. The van der Waals surface area contributed by atoms with Gasteiger partial charge >= 0.3 is 0 Å². The Bertz CT molecular complexity index is 545. The van der Waals surface area contributed by atoms with E-state index in [-0.39, 0.29) is 12.5 Å². The van der Waals surface area contributed by atoms with Gasteiger partial charge in [0.2, 0.25) is 5.91 Å². The molecule has 106 valence electrons. The maximum Gasteiger partial charge on any atom is 0.240 e. The van der Waals surface area contributed by atoms with Crippen molar-refractivity contribution in [1.29, 1.82) is 5.26 Å². The zero-order valence-electron chi connectivity index (χ0n) is 11.5. The van der Waals surface area contributed by atoms with Gasteiger partial charge in [0.15, 0.2) is 0 Å². The van der Waals surface area contributed by atoms with E-state index in [0.29, 0.717) is 5.02 Å². The standard InChI is InChI=1S/C15H18ClN3O/c1-11-12(16)5-4-6-13(11)18-9-14(20)19-15(10-17)7-2-3-8-15/h4-6,18H,2-3,7-9H2,1H3,(H,19,20). The SMILES string of the molecule is Cc1c(Cl)cccc1NCC(=O)NC1(C#N)CCCC1. The molecule has 0 aliphatic heterocycles. The van der Waals surface area contributed by atoms with Crippen molar-refractivity contribution < 1.29 is 4.79 Å². The Kier molecular flexibility index (Phi) is 4.51. The van der Waals surface area contributed by atoms with Crippen LogP contribution < -0.4 is 10.6 Å². The van der Waals surface area contributed by atoms with E-state index in [1.807, 2.05) is 25.1 Å². The van der Waals surface area contributed by atoms with Crippen molar-refractivity contribution in [2.45, 2.75) is 38.1 Å². The predicted molar refractivity (Wildman–Crippen MR) is 79.6 cm³/mol. The molecule has 2 rings (SSSR count). The van der Waals surface area contributed by atoms with Crippen molar-refractivity contribution in [3.8, 4) is 6.07 Å². The molecule has 20 heavy (non-hydrogen) atoms. The Morgan fingerprint density at radius 3 is 2.80 bits per heavy atom. The van der Waals surface area contributed by atoms with Gasteiger partial charge in [-0.3, -0.25) is 4.79 Å². The fourth-order valence-electron chi connectivity index (χ4n) is 2.53. The zero-order chi connectivity index (χ0) is 14.6. The van der Waals surface area contributed by atoms with E-state index in [2.05, 4.69) is 16.7 Å². The summed E-state index contributed by atoms with van der Waals surface area (Å²) in [6.45, 7) is 2.04. The summed E-state index contributed by atoms with van der Waals surface area (Å²) in [4.78, 5) is 12.0. The molecular weight excluding hydrogens is 274 g/mol. The molecule has 1 aromatic rings. The molecule has 0 atom stereocenters. The first-order valence-corrected chi connectivity index (χ1v) is 7.15. The summed E-state index contributed by atoms with van der Waals surface area (Å²) in [6.07, 6.45) is 3.47. The highest BCUT2D eigenvalue weighted by Crippen LogP contribution is 2.28. The summed E-state index contributed by atoms with van der Waals surface area (Å²) < 4.78 is 0. The van der Waals surface area contributed by atoms with Gasteiger partial charge in [0.25, 0.3) is 0 Å². The van der Waals surface area contributed by atoms with E-state index < -0.39 is 5.54 Å². The fraction of sp³-hybridized carbons (Fsp3) is 0.467. The van der Waals surface area contributed by atoms with Gasteiger partial charge in [0.1, 0.15) is 5.54 Å². The highest BCUT2D eigenvalue weighted by atomic mass is 35.5. The number of hydrogen-bond acceptors (Lipinski definition) is 3. The number of halogens is 1. The van der Waals surface area contributed by atoms with Gasteiger partial charge in [-0.1, -0.05) is 17.7 Å². The molecule has 2 N–H and O–H groups in total. The van der Waals surface area contributed by atoms with Crippen LogP contribution in [0.2, 0.25) is 5.02 Å². The van der Waals surface area contributed by atoms with Crippen LogP contribution >= 0.6 is 11.6 Å². The van der Waals surface area contributed by atoms with Crippen LogP contribution in [0.25, 0.3) is 0 Å². The largest absolute Gasteiger partial charge is 0.376 e. The Hall–Kier alpha value is -1.73. The summed E-state index contributed by atoms with van der Waals surface area (Å²) in [6, 6.07) is 7.77. The molecule has 1 saturated carbocycles. The van der Waals surface area contributed by atoms with Crippen molar-refractivity contribution in [2.75, 3.05) is 11.9 Å². The monoisotopic (exact) mass is 291 g/mol. The zero-order valence-corrected chi connectivity index (χ0v) is 12.3. The normalized spacial score (nSPS) is 16.4. The number of rotatable bonds is 4. The lowest BCUT2D eigenvalue weighted by molar-refractivity contribution is -0.120. The van der Waals surface area contributed by atoms with Crippen LogP contribution in [0.5, 0.6) is 0 Å². The third-order valence-corrected chi connectivity index (χ3v) is 4.17. The third kappa shape index (κ3) is 3.23. The predicted octanol–water partition coefficient (Wildman–Crippen LogP) is 3.01. The lowest BCUT2D eigenvalue weighted by Gasteiger charge is -2.22. The fourth-order valence-corrected chi connectivity index (χ4v) is 2.70. The minimum Gasteiger partial charge on any atom is -0.376 e. The highest BCUT2D eigenvalue weighted by Gasteiger charge is 2.35. The smallest absolute Gasteiger partial charge is 0.240 e. The Morgan fingerprint density at radius 2 is 2.15 bits per heavy atom. The van der Waals surface area contributed by atoms with Crippen LogP contribution in [-0.4, -0.2) is 18.0 Å². The lowest BCUT2D eigenvalue weighted by Crippen LogP contribution is -2.47. The molecule has 1 aliphatic rings. The van der Waals surface area contributed by atoms with Crippen LogP contribution in [0, 0.1) is 18.3 Å². The number of benzene rings is 1. The number of nitrogens with one attached hydrogen (secondary N) is 2. The van der Waals surface area contributed by atoms with Crippen LogP contribution in [0.1, 0.15) is 31.2 Å². The van der Waals surface area contributed by atoms with Crippen LogP contribution in [0.15, 0.2) is 18.2 Å². The molecule has 1 aliphatic carbocycles. The average molecular weight is 292 g/mol. The number of nitriles is 1. The third-order valence-electron chi connectivity index (χ3n) is 3.76. The molecular formula is C15H18ClN3O. The topological polar surface area (TPSA) is 64.9 Å². The van der Waals surface area contributed by atoms with Crippen molar-refractivity contribution in [3.05, 3.63) is 28.8 Å². The van der Waals surface area contributed by atoms with Crippen molar-refractivity contribution in [3.63, 3.8) is 0 Å². The maximum atomic E-state index is 12.0. The van der Waals surface area contributed by atoms with E-state index in [4.69, 9.17) is 11.6 Å². The highest BCUT2D eigenvalue weighted by molar-refractivity contribution is 6.31. The Labute approximate surface area is 124 Å². The molecule has 1 fully saturated rings. The average Bonchev–Trinajstić information content (AvgIpc) is 2.89. The number of carbonyl (C=O) groups excluding carboxylic acids is 1. The van der Waals surface area contributed by atoms with Gasteiger partial charge in [-0.05, 0) is 50.3 Å². The number of hydrogen-bond donors (Lipinski definition) is 2. The van der Waals surface area contributed by atoms with E-state index >= 15 is 0 Å². The first-order valence-electron chi connectivity index (χ1n) is 6.77. The Morgan fingerprint density at radius 1 is 1.45 bits per heavy atom. The number of carbonyl (C=O) groups is 1. The lowest BCUT2D eigenvalue weighted by atomic mass is 10.00. The maximum absolute atomic E-state index is 12.0. The number of nitrogens with zero attached hydrogens (tertiary/aromatic N) is 1. The summed E-state index contributed by atoms with van der Waals surface area (Å²) in [7, 11) is 0. The van der Waals surface area contributed by atoms with Crippen LogP contribution in [0.3, 0.4) is 0 Å². The van der Waals surface area contributed by atoms with E-state index in [1.54, 1.807) is 0 Å². The van der Waals surface area contributed by atoms with E-state index in [0.717, 1.165) is 36.9 Å². The molecule has 0 spiro atoms. The van der Waals surface area contributed by atoms with Crippen LogP contribution in [0.4, 0.5) is 5.69 Å². The molecule has 5 heteroatoms. The molecule has 0 aromatic heterocycles. The minimum atomic E-state index is -0.665. The first-order chi connectivity index (χ1) is 9.56. The van der Waals surface area contributed by atoms with Gasteiger partial charge < -0.3 is 10.6 Å². The molecule has 1 amide bonds. The van der Waals surface area contributed by atoms with Crippen LogP contribution in [-0.2, 0) is 4.79 Å². The summed E-state index contributed by atoms with van der Waals surface area (Å²) in [5.41, 5.74) is 1.09. The molecule has 0 unspecified atom stereocenters. The molecule has 0 saturated heterocycles. The van der Waals surface area contributed by atoms with Gasteiger partial charge in [-0.2, -0.15) is 5.26 Å². The van der Waals surface area contributed by atoms with Gasteiger partial charge in [0.05, 0.1) is 12.6 Å². The van der Waals surface area contributed by atoms with Crippen molar-refractivity contribution >= 4 is 23.2 Å². The van der Waals surface area contributed by atoms with Gasteiger partial charge in [0, 0.05) is 10.7 Å². The van der Waals surface area contributed by atoms with Crippen molar-refractivity contribution in [1.82, 2.24) is 5.32 Å². The molecule has 4 nitrogen and oxygen atoms in total. The van der Waals surface area contributed by atoms with Gasteiger partial charge in [-0.25, -0.2) is 0 Å².